The van der Waals surface area contributed by atoms with Crippen molar-refractivity contribution in [2.45, 2.75) is 38.4 Å². The van der Waals surface area contributed by atoms with Crippen molar-refractivity contribution in [2.24, 2.45) is 5.16 Å². The zero-order valence-electron chi connectivity index (χ0n) is 10.9. The highest BCUT2D eigenvalue weighted by molar-refractivity contribution is 9.10. The van der Waals surface area contributed by atoms with E-state index in [1.54, 1.807) is 7.11 Å². The fraction of sp³-hybridized carbons (Fsp3) is 0.500. The van der Waals surface area contributed by atoms with Gasteiger partial charge in [-0.2, -0.15) is 0 Å². The van der Waals surface area contributed by atoms with Gasteiger partial charge in [0.2, 0.25) is 0 Å². The van der Waals surface area contributed by atoms with E-state index in [9.17, 15) is 0 Å². The Morgan fingerprint density at radius 2 is 2.11 bits per heavy atom. The van der Waals surface area contributed by atoms with E-state index in [4.69, 9.17) is 14.7 Å². The largest absolute Gasteiger partial charge is 0.496 e. The molecule has 0 amide bonds. The lowest BCUT2D eigenvalue weighted by molar-refractivity contribution is 0.0277. The van der Waals surface area contributed by atoms with E-state index in [2.05, 4.69) is 21.1 Å². The van der Waals surface area contributed by atoms with Gasteiger partial charge in [-0.25, -0.2) is 0 Å². The summed E-state index contributed by atoms with van der Waals surface area (Å²) in [6.45, 7) is 0.596. The van der Waals surface area contributed by atoms with E-state index in [0.29, 0.717) is 6.61 Å². The van der Waals surface area contributed by atoms with Crippen molar-refractivity contribution < 1.29 is 14.7 Å². The van der Waals surface area contributed by atoms with Crippen LogP contribution in [0.1, 0.15) is 31.2 Å². The minimum absolute atomic E-state index is 0.256. The Morgan fingerprint density at radius 1 is 1.37 bits per heavy atom. The molecule has 1 aromatic rings. The Balaban J connectivity index is 1.84. The molecule has 0 heterocycles. The molecule has 19 heavy (non-hydrogen) atoms. The van der Waals surface area contributed by atoms with E-state index in [0.717, 1.165) is 47.2 Å². The molecule has 0 aliphatic heterocycles. The average molecular weight is 328 g/mol. The summed E-state index contributed by atoms with van der Waals surface area (Å²) in [6, 6.07) is 5.95. The van der Waals surface area contributed by atoms with Crippen molar-refractivity contribution in [1.82, 2.24) is 0 Å². The van der Waals surface area contributed by atoms with Crippen molar-refractivity contribution in [3.63, 3.8) is 0 Å². The van der Waals surface area contributed by atoms with Crippen molar-refractivity contribution in [3.05, 3.63) is 28.2 Å². The Hall–Kier alpha value is -1.07. The van der Waals surface area contributed by atoms with Gasteiger partial charge < -0.3 is 14.7 Å². The van der Waals surface area contributed by atoms with Gasteiger partial charge >= 0.3 is 0 Å². The number of nitrogens with zero attached hydrogens (tertiary/aromatic N) is 1. The summed E-state index contributed by atoms with van der Waals surface area (Å²) < 4.78 is 12.0. The lowest BCUT2D eigenvalue weighted by Gasteiger charge is -2.22. The van der Waals surface area contributed by atoms with Crippen LogP contribution in [0.15, 0.2) is 27.8 Å². The molecule has 104 valence electrons. The number of methoxy groups -OCH3 is 1. The highest BCUT2D eigenvalue weighted by atomic mass is 79.9. The molecule has 0 unspecified atom stereocenters. The van der Waals surface area contributed by atoms with Gasteiger partial charge in [0.05, 0.1) is 30.0 Å². The van der Waals surface area contributed by atoms with Crippen molar-refractivity contribution in [2.75, 3.05) is 7.11 Å². The summed E-state index contributed by atoms with van der Waals surface area (Å²) in [5.41, 5.74) is 2.00. The SMILES string of the molecule is COc1ccc(COC2CCC(=NO)CC2)cc1Br. The molecule has 4 nitrogen and oxygen atoms in total. The van der Waals surface area contributed by atoms with E-state index >= 15 is 0 Å². The van der Waals surface area contributed by atoms with E-state index in [-0.39, 0.29) is 6.10 Å². The Labute approximate surface area is 121 Å². The third-order valence-corrected chi connectivity index (χ3v) is 3.97. The zero-order valence-corrected chi connectivity index (χ0v) is 12.5. The monoisotopic (exact) mass is 327 g/mol. The molecular formula is C14H18BrNO3. The molecule has 0 atom stereocenters. The van der Waals surface area contributed by atoms with Crippen molar-refractivity contribution in [1.29, 1.82) is 0 Å². The summed E-state index contributed by atoms with van der Waals surface area (Å²) >= 11 is 3.47. The van der Waals surface area contributed by atoms with Gasteiger partial charge in [-0.15, -0.1) is 0 Å². The number of rotatable bonds is 4. The van der Waals surface area contributed by atoms with Crippen LogP contribution in [0.2, 0.25) is 0 Å². The second kappa shape index (κ2) is 6.91. The second-order valence-corrected chi connectivity index (χ2v) is 5.50. The maximum atomic E-state index is 8.70. The summed E-state index contributed by atoms with van der Waals surface area (Å²) in [5, 5.41) is 12.0. The van der Waals surface area contributed by atoms with Crippen LogP contribution in [0.5, 0.6) is 5.75 Å². The molecule has 0 bridgehead atoms. The molecule has 1 fully saturated rings. The van der Waals surface area contributed by atoms with Crippen LogP contribution in [0, 0.1) is 0 Å². The highest BCUT2D eigenvalue weighted by Crippen LogP contribution is 2.26. The normalized spacial score (nSPS) is 19.3. The molecule has 1 N–H and O–H groups in total. The number of oxime groups is 1. The van der Waals surface area contributed by atoms with Crippen LogP contribution >= 0.6 is 15.9 Å². The molecule has 0 radical (unpaired) electrons. The van der Waals surface area contributed by atoms with Crippen LogP contribution in [0.4, 0.5) is 0 Å². The predicted octanol–water partition coefficient (Wildman–Crippen LogP) is 3.75. The molecule has 0 spiro atoms. The number of ether oxygens (including phenoxy) is 2. The first-order valence-corrected chi connectivity index (χ1v) is 7.16. The zero-order chi connectivity index (χ0) is 13.7. The Bertz CT molecular complexity index is 452. The molecule has 2 rings (SSSR count). The number of hydrogen-bond donors (Lipinski definition) is 1. The molecule has 1 aromatic carbocycles. The lowest BCUT2D eigenvalue weighted by atomic mass is 9.96. The van der Waals surface area contributed by atoms with Crippen molar-refractivity contribution >= 4 is 21.6 Å². The molecular weight excluding hydrogens is 310 g/mol. The summed E-state index contributed by atoms with van der Waals surface area (Å²) in [7, 11) is 1.65. The maximum Gasteiger partial charge on any atom is 0.133 e. The molecule has 5 heteroatoms. The number of halogens is 1. The molecule has 1 aliphatic carbocycles. The maximum absolute atomic E-state index is 8.70. The van der Waals surface area contributed by atoms with Crippen LogP contribution < -0.4 is 4.74 Å². The predicted molar refractivity (Wildman–Crippen MR) is 77.0 cm³/mol. The van der Waals surface area contributed by atoms with Gasteiger partial charge in [0, 0.05) is 0 Å². The summed E-state index contributed by atoms with van der Waals surface area (Å²) in [4.78, 5) is 0. The minimum Gasteiger partial charge on any atom is -0.496 e. The topological polar surface area (TPSA) is 51.0 Å². The molecule has 0 saturated heterocycles. The van der Waals surface area contributed by atoms with E-state index in [1.807, 2.05) is 18.2 Å². The smallest absolute Gasteiger partial charge is 0.133 e. The van der Waals surface area contributed by atoms with Crippen LogP contribution in [0.3, 0.4) is 0 Å². The van der Waals surface area contributed by atoms with Gasteiger partial charge in [-0.1, -0.05) is 11.2 Å². The van der Waals surface area contributed by atoms with E-state index in [1.165, 1.54) is 0 Å². The first-order chi connectivity index (χ1) is 9.22. The van der Waals surface area contributed by atoms with E-state index < -0.39 is 0 Å². The van der Waals surface area contributed by atoms with Crippen LogP contribution in [0.25, 0.3) is 0 Å². The third kappa shape index (κ3) is 3.94. The molecule has 0 aromatic heterocycles. The first-order valence-electron chi connectivity index (χ1n) is 6.36. The summed E-state index contributed by atoms with van der Waals surface area (Å²) in [6.07, 6.45) is 3.76. The molecule has 1 aliphatic rings. The highest BCUT2D eigenvalue weighted by Gasteiger charge is 2.18. The van der Waals surface area contributed by atoms with Gasteiger partial charge in [-0.3, -0.25) is 0 Å². The first kappa shape index (κ1) is 14.3. The number of benzene rings is 1. The lowest BCUT2D eigenvalue weighted by Crippen LogP contribution is -2.21. The Kier molecular flexibility index (Phi) is 5.22. The molecule has 1 saturated carbocycles. The fourth-order valence-corrected chi connectivity index (χ4v) is 2.79. The van der Waals surface area contributed by atoms with Gasteiger partial charge in [0.1, 0.15) is 5.75 Å². The van der Waals surface area contributed by atoms with Gasteiger partial charge in [0.25, 0.3) is 0 Å². The third-order valence-electron chi connectivity index (χ3n) is 3.35. The fourth-order valence-electron chi connectivity index (χ4n) is 2.20. The van der Waals surface area contributed by atoms with Gasteiger partial charge in [0.15, 0.2) is 0 Å². The minimum atomic E-state index is 0.256. The average Bonchev–Trinajstić information content (AvgIpc) is 2.46. The quantitative estimate of drug-likeness (QED) is 0.676. The van der Waals surface area contributed by atoms with Crippen LogP contribution in [-0.2, 0) is 11.3 Å². The summed E-state index contributed by atoms with van der Waals surface area (Å²) in [5.74, 6) is 0.824. The van der Waals surface area contributed by atoms with Gasteiger partial charge in [-0.05, 0) is 59.3 Å². The standard InChI is InChI=1S/C14H18BrNO3/c1-18-14-7-2-10(8-13(14)15)9-19-12-5-3-11(16-17)4-6-12/h2,7-8,12,17H,3-6,9H2,1H3. The van der Waals surface area contributed by atoms with Crippen molar-refractivity contribution in [3.8, 4) is 5.75 Å². The van der Waals surface area contributed by atoms with Crippen LogP contribution in [-0.4, -0.2) is 24.1 Å². The Morgan fingerprint density at radius 3 is 2.68 bits per heavy atom. The number of hydrogen-bond acceptors (Lipinski definition) is 4. The second-order valence-electron chi connectivity index (χ2n) is 4.65.